The Kier molecular flexibility index (Phi) is 2.75. The van der Waals surface area contributed by atoms with Crippen molar-refractivity contribution in [3.63, 3.8) is 0 Å². The van der Waals surface area contributed by atoms with Gasteiger partial charge in [-0.05, 0) is 18.2 Å². The monoisotopic (exact) mass is 239 g/mol. The standard InChI is InChI=1S/C11H10ClNO3/c1-6-11(14)10(13-16-6)8-5-7(12)3-4-9(8)15-2/h3-5,14H,1-2H3. The third-order valence-corrected chi connectivity index (χ3v) is 2.48. The van der Waals surface area contributed by atoms with E-state index in [2.05, 4.69) is 5.16 Å². The molecule has 0 saturated heterocycles. The van der Waals surface area contributed by atoms with E-state index in [-0.39, 0.29) is 5.75 Å². The third-order valence-electron chi connectivity index (χ3n) is 2.25. The molecular weight excluding hydrogens is 230 g/mol. The topological polar surface area (TPSA) is 55.5 Å². The number of aromatic hydroxyl groups is 1. The number of hydrogen-bond acceptors (Lipinski definition) is 4. The van der Waals surface area contributed by atoms with Gasteiger partial charge in [-0.3, -0.25) is 0 Å². The van der Waals surface area contributed by atoms with Crippen LogP contribution in [0.5, 0.6) is 11.5 Å². The van der Waals surface area contributed by atoms with Crippen LogP contribution in [-0.4, -0.2) is 17.4 Å². The van der Waals surface area contributed by atoms with Crippen LogP contribution in [-0.2, 0) is 0 Å². The molecule has 0 saturated carbocycles. The van der Waals surface area contributed by atoms with Crippen molar-refractivity contribution in [2.45, 2.75) is 6.92 Å². The van der Waals surface area contributed by atoms with E-state index < -0.39 is 0 Å². The quantitative estimate of drug-likeness (QED) is 0.875. The van der Waals surface area contributed by atoms with Crippen LogP contribution in [0.25, 0.3) is 11.3 Å². The van der Waals surface area contributed by atoms with Crippen LogP contribution >= 0.6 is 11.6 Å². The highest BCUT2D eigenvalue weighted by Crippen LogP contribution is 2.37. The van der Waals surface area contributed by atoms with E-state index >= 15 is 0 Å². The van der Waals surface area contributed by atoms with E-state index in [0.717, 1.165) is 0 Å². The van der Waals surface area contributed by atoms with Crippen molar-refractivity contribution in [3.8, 4) is 22.8 Å². The van der Waals surface area contributed by atoms with Gasteiger partial charge in [0.2, 0.25) is 0 Å². The van der Waals surface area contributed by atoms with Crippen molar-refractivity contribution < 1.29 is 14.4 Å². The van der Waals surface area contributed by atoms with Crippen LogP contribution < -0.4 is 4.74 Å². The van der Waals surface area contributed by atoms with Crippen LogP contribution in [0.3, 0.4) is 0 Å². The molecule has 1 N–H and O–H groups in total. The van der Waals surface area contributed by atoms with Crippen LogP contribution in [0.4, 0.5) is 0 Å². The highest BCUT2D eigenvalue weighted by Gasteiger charge is 2.17. The van der Waals surface area contributed by atoms with Gasteiger partial charge in [0, 0.05) is 11.9 Å². The van der Waals surface area contributed by atoms with E-state index in [1.807, 2.05) is 0 Å². The Bertz CT molecular complexity index is 522. The minimum Gasteiger partial charge on any atom is -0.503 e. The molecule has 0 unspecified atom stereocenters. The Morgan fingerprint density at radius 2 is 2.19 bits per heavy atom. The number of nitrogens with zero attached hydrogens (tertiary/aromatic N) is 1. The smallest absolute Gasteiger partial charge is 0.186 e. The molecule has 0 bridgehead atoms. The summed E-state index contributed by atoms with van der Waals surface area (Å²) in [6.45, 7) is 1.63. The fraction of sp³-hybridized carbons (Fsp3) is 0.182. The molecule has 0 amide bonds. The molecule has 0 spiro atoms. The summed E-state index contributed by atoms with van der Waals surface area (Å²) in [6, 6.07) is 5.08. The molecule has 2 rings (SSSR count). The van der Waals surface area contributed by atoms with Crippen LogP contribution in [0, 0.1) is 6.92 Å². The average molecular weight is 240 g/mol. The number of rotatable bonds is 2. The summed E-state index contributed by atoms with van der Waals surface area (Å²) in [7, 11) is 1.54. The maximum absolute atomic E-state index is 9.75. The minimum atomic E-state index is 0.000525. The second-order valence-corrected chi connectivity index (χ2v) is 3.72. The molecule has 0 atom stereocenters. The third kappa shape index (κ3) is 1.72. The molecule has 16 heavy (non-hydrogen) atoms. The molecule has 0 aliphatic carbocycles. The molecular formula is C11H10ClNO3. The van der Waals surface area contributed by atoms with Crippen molar-refractivity contribution in [1.29, 1.82) is 0 Å². The summed E-state index contributed by atoms with van der Waals surface area (Å²) >= 11 is 5.89. The first kappa shape index (κ1) is 10.8. The molecule has 1 aromatic carbocycles. The Morgan fingerprint density at radius 3 is 2.75 bits per heavy atom. The Balaban J connectivity index is 2.62. The van der Waals surface area contributed by atoms with Crippen molar-refractivity contribution >= 4 is 11.6 Å². The van der Waals surface area contributed by atoms with Gasteiger partial charge in [0.25, 0.3) is 0 Å². The van der Waals surface area contributed by atoms with Gasteiger partial charge in [0.05, 0.1) is 12.7 Å². The highest BCUT2D eigenvalue weighted by molar-refractivity contribution is 6.31. The van der Waals surface area contributed by atoms with E-state index in [4.69, 9.17) is 20.9 Å². The fourth-order valence-electron chi connectivity index (χ4n) is 1.41. The number of aromatic nitrogens is 1. The lowest BCUT2D eigenvalue weighted by molar-refractivity contribution is 0.383. The van der Waals surface area contributed by atoms with Crippen molar-refractivity contribution in [1.82, 2.24) is 5.16 Å². The minimum absolute atomic E-state index is 0.000525. The summed E-state index contributed by atoms with van der Waals surface area (Å²) in [5.41, 5.74) is 0.932. The number of hydrogen-bond donors (Lipinski definition) is 1. The lowest BCUT2D eigenvalue weighted by Gasteiger charge is -2.06. The fourth-order valence-corrected chi connectivity index (χ4v) is 1.58. The van der Waals surface area contributed by atoms with E-state index in [1.54, 1.807) is 25.1 Å². The van der Waals surface area contributed by atoms with Crippen molar-refractivity contribution in [2.24, 2.45) is 0 Å². The Morgan fingerprint density at radius 1 is 1.44 bits per heavy atom. The number of methoxy groups -OCH3 is 1. The first-order valence-corrected chi connectivity index (χ1v) is 5.00. The van der Waals surface area contributed by atoms with Gasteiger partial charge in [-0.1, -0.05) is 16.8 Å². The maximum atomic E-state index is 9.75. The molecule has 1 aromatic heterocycles. The zero-order chi connectivity index (χ0) is 11.7. The van der Waals surface area contributed by atoms with Gasteiger partial charge >= 0.3 is 0 Å². The molecule has 0 radical (unpaired) electrons. The maximum Gasteiger partial charge on any atom is 0.186 e. The summed E-state index contributed by atoms with van der Waals surface area (Å²) in [5, 5.41) is 14.1. The normalized spacial score (nSPS) is 10.4. The molecule has 5 heteroatoms. The Hall–Kier alpha value is -1.68. The highest BCUT2D eigenvalue weighted by atomic mass is 35.5. The number of ether oxygens (including phenoxy) is 1. The summed E-state index contributed by atoms with van der Waals surface area (Å²) in [5.74, 6) is 0.936. The number of benzene rings is 1. The zero-order valence-electron chi connectivity index (χ0n) is 8.82. The first-order valence-electron chi connectivity index (χ1n) is 4.62. The molecule has 84 valence electrons. The van der Waals surface area contributed by atoms with Gasteiger partial charge in [-0.25, -0.2) is 0 Å². The van der Waals surface area contributed by atoms with Gasteiger partial charge in [0.1, 0.15) is 5.75 Å². The summed E-state index contributed by atoms with van der Waals surface area (Å²) in [6.07, 6.45) is 0. The van der Waals surface area contributed by atoms with Crippen LogP contribution in [0.1, 0.15) is 5.76 Å². The predicted octanol–water partition coefficient (Wildman–Crippen LogP) is 3.02. The second-order valence-electron chi connectivity index (χ2n) is 3.28. The lowest BCUT2D eigenvalue weighted by atomic mass is 10.1. The predicted molar refractivity (Wildman–Crippen MR) is 59.9 cm³/mol. The SMILES string of the molecule is COc1ccc(Cl)cc1-c1noc(C)c1O. The molecule has 0 aliphatic rings. The van der Waals surface area contributed by atoms with E-state index in [9.17, 15) is 5.11 Å². The van der Waals surface area contributed by atoms with E-state index in [1.165, 1.54) is 7.11 Å². The summed E-state index contributed by atoms with van der Waals surface area (Å²) < 4.78 is 10.1. The van der Waals surface area contributed by atoms with Gasteiger partial charge in [0.15, 0.2) is 17.2 Å². The molecule has 1 heterocycles. The van der Waals surface area contributed by atoms with Gasteiger partial charge in [-0.2, -0.15) is 0 Å². The number of halogens is 1. The van der Waals surface area contributed by atoms with Crippen molar-refractivity contribution in [2.75, 3.05) is 7.11 Å². The molecule has 4 nitrogen and oxygen atoms in total. The molecule has 0 aliphatic heterocycles. The average Bonchev–Trinajstić information content (AvgIpc) is 2.60. The first-order chi connectivity index (χ1) is 7.63. The number of aryl methyl sites for hydroxylation is 1. The molecule has 0 fully saturated rings. The van der Waals surface area contributed by atoms with Gasteiger partial charge < -0.3 is 14.4 Å². The van der Waals surface area contributed by atoms with Crippen molar-refractivity contribution in [3.05, 3.63) is 29.0 Å². The van der Waals surface area contributed by atoms with E-state index in [0.29, 0.717) is 27.8 Å². The lowest BCUT2D eigenvalue weighted by Crippen LogP contribution is -1.88. The largest absolute Gasteiger partial charge is 0.503 e. The van der Waals surface area contributed by atoms with Crippen LogP contribution in [0.15, 0.2) is 22.7 Å². The zero-order valence-corrected chi connectivity index (χ0v) is 9.58. The second kappa shape index (κ2) is 4.06. The molecule has 2 aromatic rings. The summed E-state index contributed by atoms with van der Waals surface area (Å²) in [4.78, 5) is 0. The van der Waals surface area contributed by atoms with Crippen LogP contribution in [0.2, 0.25) is 5.02 Å². The Labute approximate surface area is 97.4 Å². The van der Waals surface area contributed by atoms with Gasteiger partial charge in [-0.15, -0.1) is 0 Å².